The molecule has 53 heavy (non-hydrogen) atoms. The summed E-state index contributed by atoms with van der Waals surface area (Å²) in [5.74, 6) is -3.95. The number of esters is 2. The minimum absolute atomic E-state index is 0.00103. The summed E-state index contributed by atoms with van der Waals surface area (Å²) >= 11 is 0. The van der Waals surface area contributed by atoms with E-state index in [1.54, 1.807) is 25.3 Å². The molecule has 0 aliphatic carbocycles. The highest BCUT2D eigenvalue weighted by atomic mass is 16.5. The molecular weight excluding hydrogens is 686 g/mol. The fourth-order valence-corrected chi connectivity index (χ4v) is 5.45. The van der Waals surface area contributed by atoms with Crippen molar-refractivity contribution in [2.45, 2.75) is 103 Å². The number of nitrogens with two attached hydrogens (primary N) is 2. The Hall–Kier alpha value is -5.61. The molecule has 2 aromatic heterocycles. The van der Waals surface area contributed by atoms with Gasteiger partial charge in [-0.25, -0.2) is 19.6 Å². The number of ether oxygens (including phenoxy) is 2. The Bertz CT molecular complexity index is 1690. The number of unbranched alkanes of at least 4 members (excludes halogenated alkanes) is 7. The molecule has 2 amide bonds. The van der Waals surface area contributed by atoms with E-state index in [4.69, 9.17) is 20.9 Å². The third-order valence-electron chi connectivity index (χ3n) is 8.33. The van der Waals surface area contributed by atoms with Crippen molar-refractivity contribution in [3.05, 3.63) is 41.7 Å². The summed E-state index contributed by atoms with van der Waals surface area (Å²) in [5, 5.41) is 14.7. The van der Waals surface area contributed by atoms with Gasteiger partial charge in [-0.15, -0.1) is 0 Å². The smallest absolute Gasteiger partial charge is 0.328 e. The maximum absolute atomic E-state index is 12.9. The Morgan fingerprint density at radius 1 is 0.849 bits per heavy atom. The zero-order valence-corrected chi connectivity index (χ0v) is 30.6. The van der Waals surface area contributed by atoms with Crippen molar-refractivity contribution in [3.8, 4) is 0 Å². The second-order valence-electron chi connectivity index (χ2n) is 12.6. The molecule has 0 bridgehead atoms. The third-order valence-corrected chi connectivity index (χ3v) is 8.33. The number of aromatic nitrogens is 4. The maximum atomic E-state index is 12.9. The van der Waals surface area contributed by atoms with E-state index < -0.39 is 48.4 Å². The molecule has 0 aliphatic heterocycles. The molecule has 0 saturated carbocycles. The number of nitrogens with zero attached hydrogens (tertiary/aromatic N) is 5. The number of carboxylic acid groups (broad SMARTS) is 1. The van der Waals surface area contributed by atoms with Crippen molar-refractivity contribution in [2.24, 2.45) is 0 Å². The molecule has 2 unspecified atom stereocenters. The Kier molecular flexibility index (Phi) is 17.1. The molecule has 0 spiro atoms. The van der Waals surface area contributed by atoms with Crippen molar-refractivity contribution >= 4 is 58.3 Å². The van der Waals surface area contributed by atoms with Crippen molar-refractivity contribution in [3.63, 3.8) is 0 Å². The number of hydrogen-bond acceptors (Lipinski definition) is 14. The predicted octanol–water partition coefficient (Wildman–Crippen LogP) is 3.31. The van der Waals surface area contributed by atoms with Gasteiger partial charge in [0.25, 0.3) is 11.8 Å². The van der Waals surface area contributed by atoms with Crippen LogP contribution in [0.1, 0.15) is 101 Å². The van der Waals surface area contributed by atoms with Crippen molar-refractivity contribution < 1.29 is 38.6 Å². The highest BCUT2D eigenvalue weighted by Gasteiger charge is 2.24. The maximum Gasteiger partial charge on any atom is 0.328 e. The quantitative estimate of drug-likeness (QED) is 0.0691. The van der Waals surface area contributed by atoms with E-state index in [1.165, 1.54) is 37.8 Å². The van der Waals surface area contributed by atoms with Crippen LogP contribution in [0.15, 0.2) is 30.5 Å². The second kappa shape index (κ2) is 21.7. The predicted molar refractivity (Wildman–Crippen MR) is 197 cm³/mol. The Labute approximate surface area is 308 Å². The van der Waals surface area contributed by atoms with Gasteiger partial charge >= 0.3 is 17.9 Å². The number of hydrogen-bond donors (Lipinski definition) is 5. The Balaban J connectivity index is 1.44. The average Bonchev–Trinajstić information content (AvgIpc) is 3.13. The van der Waals surface area contributed by atoms with E-state index in [2.05, 4.69) is 37.5 Å². The second-order valence-corrected chi connectivity index (χ2v) is 12.6. The lowest BCUT2D eigenvalue weighted by Crippen LogP contribution is -2.43. The number of carbonyl (C=O) groups excluding carboxylic acids is 4. The number of nitrogens with one attached hydrogen (secondary N) is 2. The molecule has 2 atom stereocenters. The summed E-state index contributed by atoms with van der Waals surface area (Å²) < 4.78 is 10.1. The largest absolute Gasteiger partial charge is 0.480 e. The van der Waals surface area contributed by atoms with E-state index >= 15 is 0 Å². The minimum Gasteiger partial charge on any atom is -0.480 e. The van der Waals surface area contributed by atoms with Crippen LogP contribution in [-0.2, 0) is 35.2 Å². The fraction of sp³-hybridized carbons (Fsp3) is 0.528. The van der Waals surface area contributed by atoms with Gasteiger partial charge in [-0.2, -0.15) is 9.97 Å². The van der Waals surface area contributed by atoms with Gasteiger partial charge in [0.05, 0.1) is 25.0 Å². The van der Waals surface area contributed by atoms with E-state index in [-0.39, 0.29) is 42.4 Å². The number of aliphatic carboxylic acids is 1. The van der Waals surface area contributed by atoms with E-state index in [0.717, 1.165) is 31.4 Å². The van der Waals surface area contributed by atoms with Gasteiger partial charge < -0.3 is 41.6 Å². The van der Waals surface area contributed by atoms with Gasteiger partial charge in [0.15, 0.2) is 23.6 Å². The molecule has 3 rings (SSSR count). The van der Waals surface area contributed by atoms with Crippen LogP contribution >= 0.6 is 0 Å². The van der Waals surface area contributed by atoms with Crippen LogP contribution < -0.4 is 27.0 Å². The molecule has 1 aromatic carbocycles. The molecule has 288 valence electrons. The summed E-state index contributed by atoms with van der Waals surface area (Å²) in [4.78, 5) is 80.6. The Morgan fingerprint density at radius 2 is 1.53 bits per heavy atom. The number of nitrogen functional groups attached to an aromatic ring is 2. The van der Waals surface area contributed by atoms with Crippen molar-refractivity contribution in [1.29, 1.82) is 0 Å². The average molecular weight is 738 g/mol. The summed E-state index contributed by atoms with van der Waals surface area (Å²) in [7, 11) is 1.81. The number of anilines is 3. The fourth-order valence-electron chi connectivity index (χ4n) is 5.45. The number of fused-ring (bicyclic) bond motifs is 1. The zero-order chi connectivity index (χ0) is 38.8. The summed E-state index contributed by atoms with van der Waals surface area (Å²) in [6.45, 7) is 3.69. The number of carboxylic acids is 1. The molecular formula is C36H51N9O8. The minimum atomic E-state index is -1.40. The SMILES string of the molecule is CCCCCCCCCCC(NC(=O)COC(=O)CCC(NC(=O)c1ccc(N(C)Cc2cnc3nc(N)nc(N)c3n2)cc1)C(=O)O)C(=O)OCC. The lowest BCUT2D eigenvalue weighted by molar-refractivity contribution is -0.151. The van der Waals surface area contributed by atoms with Gasteiger partial charge in [-0.05, 0) is 44.0 Å². The van der Waals surface area contributed by atoms with Gasteiger partial charge in [-0.1, -0.05) is 58.3 Å². The molecule has 0 radical (unpaired) electrons. The normalized spacial score (nSPS) is 12.1. The van der Waals surface area contributed by atoms with Crippen LogP contribution in [0.4, 0.5) is 17.5 Å². The van der Waals surface area contributed by atoms with E-state index in [9.17, 15) is 29.1 Å². The first-order valence-corrected chi connectivity index (χ1v) is 17.9. The Morgan fingerprint density at radius 3 is 2.19 bits per heavy atom. The van der Waals surface area contributed by atoms with Gasteiger partial charge in [0.2, 0.25) is 5.95 Å². The monoisotopic (exact) mass is 737 g/mol. The van der Waals surface area contributed by atoms with Crippen molar-refractivity contribution in [2.75, 3.05) is 36.6 Å². The number of carbonyl (C=O) groups is 5. The van der Waals surface area contributed by atoms with Crippen molar-refractivity contribution in [1.82, 2.24) is 30.6 Å². The van der Waals surface area contributed by atoms with Crippen LogP contribution in [0, 0.1) is 0 Å². The standard InChI is InChI=1S/C36H51N9O8/c1-4-6-7-8-9-10-11-12-13-27(35(51)52-5-2)41-28(46)22-53-29(47)19-18-26(34(49)50)42-33(48)23-14-16-25(17-15-23)45(3)21-24-20-39-32-30(40-24)31(37)43-36(38)44-32/h14-17,20,26-27H,4-13,18-19,21-22H2,1-3H3,(H,41,46)(H,42,48)(H,49,50)(H4,37,38,39,43,44). The highest BCUT2D eigenvalue weighted by Crippen LogP contribution is 2.19. The lowest BCUT2D eigenvalue weighted by Gasteiger charge is -2.19. The third kappa shape index (κ3) is 14.1. The first kappa shape index (κ1) is 41.8. The van der Waals surface area contributed by atoms with Crippen LogP contribution in [-0.4, -0.2) is 87.1 Å². The van der Waals surface area contributed by atoms with Gasteiger partial charge in [-0.3, -0.25) is 14.4 Å². The molecule has 0 fully saturated rings. The van der Waals surface area contributed by atoms with E-state index in [0.29, 0.717) is 24.2 Å². The summed E-state index contributed by atoms with van der Waals surface area (Å²) in [5.41, 5.74) is 13.6. The van der Waals surface area contributed by atoms with Crippen LogP contribution in [0.3, 0.4) is 0 Å². The van der Waals surface area contributed by atoms with Gasteiger partial charge in [0.1, 0.15) is 12.1 Å². The van der Waals surface area contributed by atoms with Crippen LogP contribution in [0.5, 0.6) is 0 Å². The van der Waals surface area contributed by atoms with Gasteiger partial charge in [0, 0.05) is 24.7 Å². The zero-order valence-electron chi connectivity index (χ0n) is 30.6. The molecule has 7 N–H and O–H groups in total. The first-order valence-electron chi connectivity index (χ1n) is 17.9. The first-order chi connectivity index (χ1) is 25.4. The summed E-state index contributed by atoms with van der Waals surface area (Å²) in [6.07, 6.45) is 9.92. The molecule has 17 nitrogen and oxygen atoms in total. The van der Waals surface area contributed by atoms with Crippen LogP contribution in [0.25, 0.3) is 11.2 Å². The molecule has 17 heteroatoms. The van der Waals surface area contributed by atoms with E-state index in [1.807, 2.05) is 11.9 Å². The number of benzene rings is 1. The number of amides is 2. The summed E-state index contributed by atoms with van der Waals surface area (Å²) in [6, 6.07) is 4.17. The number of rotatable bonds is 23. The molecule has 0 saturated heterocycles. The molecule has 2 heterocycles. The topological polar surface area (TPSA) is 255 Å². The molecule has 0 aliphatic rings. The highest BCUT2D eigenvalue weighted by molar-refractivity contribution is 5.97. The lowest BCUT2D eigenvalue weighted by atomic mass is 10.0. The van der Waals surface area contributed by atoms with Crippen LogP contribution in [0.2, 0.25) is 0 Å². The molecule has 3 aromatic rings.